The Balaban J connectivity index is 1.42. The molecule has 1 atom stereocenters. The quantitative estimate of drug-likeness (QED) is 0.286. The fourth-order valence-electron chi connectivity index (χ4n) is 5.24. The topological polar surface area (TPSA) is 101 Å². The van der Waals surface area contributed by atoms with E-state index in [2.05, 4.69) is 44.7 Å². The fraction of sp³-hybridized carbons (Fsp3) is 0.393. The van der Waals surface area contributed by atoms with Crippen LogP contribution in [0.1, 0.15) is 51.0 Å². The zero-order valence-corrected chi connectivity index (χ0v) is 21.4. The van der Waals surface area contributed by atoms with Crippen LogP contribution in [0, 0.1) is 17.2 Å². The first kappa shape index (κ1) is 24.5. The van der Waals surface area contributed by atoms with E-state index in [9.17, 15) is 8.78 Å². The molecule has 5 heterocycles. The first-order valence-electron chi connectivity index (χ1n) is 13.1. The van der Waals surface area contributed by atoms with Crippen LogP contribution in [0.4, 0.5) is 26.2 Å². The molecule has 8 nitrogen and oxygen atoms in total. The van der Waals surface area contributed by atoms with Gasteiger partial charge < -0.3 is 16.0 Å². The van der Waals surface area contributed by atoms with Gasteiger partial charge in [-0.25, -0.2) is 19.3 Å². The van der Waals surface area contributed by atoms with Gasteiger partial charge >= 0.3 is 0 Å². The summed E-state index contributed by atoms with van der Waals surface area (Å²) < 4.78 is 27.7. The smallest absolute Gasteiger partial charge is 0.214 e. The predicted molar refractivity (Wildman–Crippen MR) is 143 cm³/mol. The van der Waals surface area contributed by atoms with Crippen LogP contribution in [0.25, 0.3) is 22.3 Å². The SMILES string of the molecule is CC1(C)CNCC[C@@H]1Nc1nc(-c2ccnc(Nc3nc(F)ccc3F)c2)nc2cncc(C3CCC3)c12. The number of halogens is 2. The van der Waals surface area contributed by atoms with Crippen molar-refractivity contribution in [3.63, 3.8) is 0 Å². The van der Waals surface area contributed by atoms with Gasteiger partial charge in [-0.15, -0.1) is 0 Å². The highest BCUT2D eigenvalue weighted by Gasteiger charge is 2.33. The maximum Gasteiger partial charge on any atom is 0.214 e. The van der Waals surface area contributed by atoms with Gasteiger partial charge in [-0.05, 0) is 67.0 Å². The van der Waals surface area contributed by atoms with E-state index >= 15 is 0 Å². The lowest BCUT2D eigenvalue weighted by Crippen LogP contribution is -2.49. The van der Waals surface area contributed by atoms with Crippen LogP contribution >= 0.6 is 0 Å². The summed E-state index contributed by atoms with van der Waals surface area (Å²) in [7, 11) is 0. The number of fused-ring (bicyclic) bond motifs is 1. The van der Waals surface area contributed by atoms with E-state index in [0.717, 1.165) is 61.2 Å². The Morgan fingerprint density at radius 3 is 2.66 bits per heavy atom. The van der Waals surface area contributed by atoms with Crippen LogP contribution in [-0.4, -0.2) is 44.1 Å². The Bertz CT molecular complexity index is 1490. The molecule has 10 heteroatoms. The van der Waals surface area contributed by atoms with Gasteiger partial charge in [-0.1, -0.05) is 20.3 Å². The molecule has 0 spiro atoms. The van der Waals surface area contributed by atoms with Crippen molar-refractivity contribution in [2.45, 2.75) is 51.5 Å². The molecule has 4 aromatic heterocycles. The average molecular weight is 517 g/mol. The van der Waals surface area contributed by atoms with Gasteiger partial charge in [0.2, 0.25) is 5.95 Å². The van der Waals surface area contributed by atoms with E-state index in [1.165, 1.54) is 12.0 Å². The van der Waals surface area contributed by atoms with Crippen molar-refractivity contribution in [2.24, 2.45) is 5.41 Å². The first-order valence-corrected chi connectivity index (χ1v) is 13.1. The number of pyridine rings is 3. The molecule has 38 heavy (non-hydrogen) atoms. The monoisotopic (exact) mass is 516 g/mol. The summed E-state index contributed by atoms with van der Waals surface area (Å²) in [5.41, 5.74) is 2.69. The summed E-state index contributed by atoms with van der Waals surface area (Å²) in [6.45, 7) is 6.38. The molecule has 3 N–H and O–H groups in total. The summed E-state index contributed by atoms with van der Waals surface area (Å²) in [5.74, 6) is 0.376. The van der Waals surface area contributed by atoms with Crippen molar-refractivity contribution < 1.29 is 8.78 Å². The number of anilines is 3. The third-order valence-electron chi connectivity index (χ3n) is 7.70. The predicted octanol–water partition coefficient (Wildman–Crippen LogP) is 5.57. The number of rotatable bonds is 6. The molecule has 1 saturated carbocycles. The number of nitrogens with zero attached hydrogens (tertiary/aromatic N) is 5. The lowest BCUT2D eigenvalue weighted by Gasteiger charge is -2.40. The molecular weight excluding hydrogens is 486 g/mol. The number of aromatic nitrogens is 5. The minimum Gasteiger partial charge on any atom is -0.366 e. The van der Waals surface area contributed by atoms with Crippen molar-refractivity contribution in [1.29, 1.82) is 0 Å². The largest absolute Gasteiger partial charge is 0.366 e. The van der Waals surface area contributed by atoms with Crippen LogP contribution in [0.5, 0.6) is 0 Å². The number of hydrogen-bond donors (Lipinski definition) is 3. The minimum atomic E-state index is -0.783. The summed E-state index contributed by atoms with van der Waals surface area (Å²) in [6, 6.07) is 5.72. The van der Waals surface area contributed by atoms with Crippen molar-refractivity contribution in [2.75, 3.05) is 23.7 Å². The van der Waals surface area contributed by atoms with Crippen molar-refractivity contribution >= 4 is 28.4 Å². The lowest BCUT2D eigenvalue weighted by atomic mass is 9.78. The second-order valence-electron chi connectivity index (χ2n) is 10.8. The van der Waals surface area contributed by atoms with Crippen LogP contribution in [-0.2, 0) is 0 Å². The number of hydrogen-bond acceptors (Lipinski definition) is 8. The summed E-state index contributed by atoms with van der Waals surface area (Å²) in [4.78, 5) is 22.3. The van der Waals surface area contributed by atoms with E-state index in [4.69, 9.17) is 9.97 Å². The number of nitrogens with one attached hydrogen (secondary N) is 3. The molecule has 2 fully saturated rings. The summed E-state index contributed by atoms with van der Waals surface area (Å²) >= 11 is 0. The Hall–Kier alpha value is -3.79. The lowest BCUT2D eigenvalue weighted by molar-refractivity contribution is 0.236. The molecule has 0 bridgehead atoms. The molecule has 0 unspecified atom stereocenters. The van der Waals surface area contributed by atoms with Gasteiger partial charge in [0.15, 0.2) is 17.5 Å². The van der Waals surface area contributed by atoms with Gasteiger partial charge in [-0.3, -0.25) is 4.98 Å². The van der Waals surface area contributed by atoms with E-state index in [-0.39, 0.29) is 17.3 Å². The normalized spacial score (nSPS) is 19.2. The zero-order valence-electron chi connectivity index (χ0n) is 21.4. The highest BCUT2D eigenvalue weighted by atomic mass is 19.1. The molecular formula is C28H30F2N8. The molecule has 2 aliphatic rings. The fourth-order valence-corrected chi connectivity index (χ4v) is 5.24. The number of piperidine rings is 1. The van der Waals surface area contributed by atoms with Crippen molar-refractivity contribution in [1.82, 2.24) is 30.2 Å². The molecule has 1 aliphatic carbocycles. The molecule has 1 aliphatic heterocycles. The maximum absolute atomic E-state index is 14.2. The Kier molecular flexibility index (Phi) is 6.35. The second kappa shape index (κ2) is 9.83. The molecule has 6 rings (SSSR count). The standard InChI is InChI=1S/C28H30F2N8/c1-28(2)15-31-10-9-21(28)35-27-24-18(16-4-3-5-16)13-32-14-20(24)34-25(38-27)17-8-11-33-23(12-17)37-26-19(29)6-7-22(30)36-26/h6-8,11-14,16,21,31H,3-5,9-10,15H2,1-2H3,(H,33,36,37)(H,34,35,38)/t21-/m0/s1. The Morgan fingerprint density at radius 1 is 1.00 bits per heavy atom. The average Bonchev–Trinajstić information content (AvgIpc) is 2.86. The van der Waals surface area contributed by atoms with E-state index in [1.54, 1.807) is 24.5 Å². The van der Waals surface area contributed by atoms with Gasteiger partial charge in [0, 0.05) is 35.9 Å². The minimum absolute atomic E-state index is 0.0368. The first-order chi connectivity index (χ1) is 18.4. The van der Waals surface area contributed by atoms with Crippen LogP contribution in [0.2, 0.25) is 0 Å². The van der Waals surface area contributed by atoms with Gasteiger partial charge in [0.1, 0.15) is 11.6 Å². The third-order valence-corrected chi connectivity index (χ3v) is 7.70. The highest BCUT2D eigenvalue weighted by Crippen LogP contribution is 2.42. The van der Waals surface area contributed by atoms with Gasteiger partial charge in [0.05, 0.1) is 11.7 Å². The third kappa shape index (κ3) is 4.76. The zero-order chi connectivity index (χ0) is 26.3. The maximum atomic E-state index is 14.2. The second-order valence-corrected chi connectivity index (χ2v) is 10.8. The highest BCUT2D eigenvalue weighted by molar-refractivity contribution is 5.93. The van der Waals surface area contributed by atoms with Gasteiger partial charge in [0.25, 0.3) is 0 Å². The Morgan fingerprint density at radius 2 is 1.87 bits per heavy atom. The van der Waals surface area contributed by atoms with Crippen LogP contribution in [0.15, 0.2) is 42.9 Å². The molecule has 0 amide bonds. The van der Waals surface area contributed by atoms with Gasteiger partial charge in [-0.2, -0.15) is 9.37 Å². The van der Waals surface area contributed by atoms with Crippen LogP contribution in [0.3, 0.4) is 0 Å². The molecule has 1 saturated heterocycles. The van der Waals surface area contributed by atoms with Crippen molar-refractivity contribution in [3.05, 3.63) is 60.2 Å². The van der Waals surface area contributed by atoms with Crippen LogP contribution < -0.4 is 16.0 Å². The molecule has 0 aromatic carbocycles. The van der Waals surface area contributed by atoms with E-state index in [1.807, 2.05) is 6.20 Å². The molecule has 196 valence electrons. The summed E-state index contributed by atoms with van der Waals surface area (Å²) in [6.07, 6.45) is 9.81. The summed E-state index contributed by atoms with van der Waals surface area (Å²) in [5, 5.41) is 11.1. The molecule has 0 radical (unpaired) electrons. The Labute approximate surface area is 219 Å². The van der Waals surface area contributed by atoms with E-state index in [0.29, 0.717) is 23.1 Å². The van der Waals surface area contributed by atoms with E-state index < -0.39 is 11.8 Å². The molecule has 4 aromatic rings. The van der Waals surface area contributed by atoms with Crippen molar-refractivity contribution in [3.8, 4) is 11.4 Å².